The summed E-state index contributed by atoms with van der Waals surface area (Å²) in [6.45, 7) is 2.11. The monoisotopic (exact) mass is 189 g/mol. The summed E-state index contributed by atoms with van der Waals surface area (Å²) in [6.07, 6.45) is 0. The van der Waals surface area contributed by atoms with Crippen molar-refractivity contribution in [1.82, 2.24) is 10.2 Å². The van der Waals surface area contributed by atoms with E-state index in [0.29, 0.717) is 13.1 Å². The number of aliphatic carboxylic acids is 1. The van der Waals surface area contributed by atoms with Crippen LogP contribution in [0, 0.1) is 0 Å². The molecular formula is C7H15N3O3. The van der Waals surface area contributed by atoms with Crippen LogP contribution in [0.3, 0.4) is 0 Å². The van der Waals surface area contributed by atoms with E-state index in [1.54, 1.807) is 0 Å². The molecule has 2 amide bonds. The van der Waals surface area contributed by atoms with Crippen molar-refractivity contribution < 1.29 is 14.7 Å². The molecule has 0 rings (SSSR count). The van der Waals surface area contributed by atoms with Gasteiger partial charge in [-0.2, -0.15) is 0 Å². The van der Waals surface area contributed by atoms with Crippen LogP contribution < -0.4 is 11.1 Å². The van der Waals surface area contributed by atoms with Crippen LogP contribution in [0.1, 0.15) is 6.92 Å². The Labute approximate surface area is 76.7 Å². The topological polar surface area (TPSA) is 95.7 Å². The molecule has 0 aromatic carbocycles. The van der Waals surface area contributed by atoms with Gasteiger partial charge in [0.2, 0.25) is 0 Å². The summed E-state index contributed by atoms with van der Waals surface area (Å²) < 4.78 is 0. The second-order valence-corrected chi connectivity index (χ2v) is 2.65. The van der Waals surface area contributed by atoms with Crippen molar-refractivity contribution in [2.24, 2.45) is 5.73 Å². The van der Waals surface area contributed by atoms with E-state index in [9.17, 15) is 9.59 Å². The number of carbonyl (C=O) groups excluding carboxylic acids is 1. The summed E-state index contributed by atoms with van der Waals surface area (Å²) in [5, 5.41) is 11.0. The average molecular weight is 189 g/mol. The van der Waals surface area contributed by atoms with Gasteiger partial charge in [0.05, 0.1) is 0 Å². The van der Waals surface area contributed by atoms with Gasteiger partial charge in [-0.1, -0.05) is 0 Å². The fourth-order valence-corrected chi connectivity index (χ4v) is 0.645. The minimum absolute atomic E-state index is 0.334. The minimum atomic E-state index is -1.04. The molecule has 0 aromatic heterocycles. The summed E-state index contributed by atoms with van der Waals surface area (Å²) in [4.78, 5) is 22.7. The Hall–Kier alpha value is -1.30. The second-order valence-electron chi connectivity index (χ2n) is 2.65. The number of nitrogens with two attached hydrogens (primary N) is 1. The first kappa shape index (κ1) is 11.7. The van der Waals surface area contributed by atoms with Gasteiger partial charge >= 0.3 is 12.0 Å². The third-order valence-electron chi connectivity index (χ3n) is 1.68. The Morgan fingerprint density at radius 1 is 1.62 bits per heavy atom. The number of hydrogen-bond donors (Lipinski definition) is 3. The molecule has 0 aliphatic carbocycles. The number of rotatable bonds is 4. The van der Waals surface area contributed by atoms with Gasteiger partial charge < -0.3 is 21.1 Å². The van der Waals surface area contributed by atoms with Crippen LogP contribution in [-0.4, -0.2) is 48.2 Å². The number of nitrogens with one attached hydrogen (secondary N) is 1. The minimum Gasteiger partial charge on any atom is -0.480 e. The predicted molar refractivity (Wildman–Crippen MR) is 47.3 cm³/mol. The first-order valence-electron chi connectivity index (χ1n) is 3.94. The van der Waals surface area contributed by atoms with Crippen LogP contribution in [0.25, 0.3) is 0 Å². The van der Waals surface area contributed by atoms with E-state index in [4.69, 9.17) is 10.8 Å². The lowest BCUT2D eigenvalue weighted by molar-refractivity contribution is -0.141. The lowest BCUT2D eigenvalue weighted by Gasteiger charge is -2.21. The third-order valence-corrected chi connectivity index (χ3v) is 1.68. The maximum absolute atomic E-state index is 11.1. The quantitative estimate of drug-likeness (QED) is 0.531. The van der Waals surface area contributed by atoms with Crippen LogP contribution >= 0.6 is 0 Å². The van der Waals surface area contributed by atoms with E-state index in [2.05, 4.69) is 5.32 Å². The fraction of sp³-hybridized carbons (Fsp3) is 0.714. The van der Waals surface area contributed by atoms with Gasteiger partial charge in [0.25, 0.3) is 0 Å². The maximum atomic E-state index is 11.1. The number of urea groups is 1. The SMILES string of the molecule is CC(C(=O)O)N(C)C(=O)NCCN. The summed E-state index contributed by atoms with van der Waals surface area (Å²) in [5.74, 6) is -1.04. The molecule has 0 aliphatic rings. The number of amides is 2. The van der Waals surface area contributed by atoms with Gasteiger partial charge in [-0.15, -0.1) is 0 Å². The summed E-state index contributed by atoms with van der Waals surface area (Å²) in [7, 11) is 1.42. The van der Waals surface area contributed by atoms with Gasteiger partial charge in [0.1, 0.15) is 6.04 Å². The van der Waals surface area contributed by atoms with Crippen molar-refractivity contribution in [3.05, 3.63) is 0 Å². The zero-order valence-electron chi connectivity index (χ0n) is 7.78. The molecular weight excluding hydrogens is 174 g/mol. The molecule has 0 heterocycles. The van der Waals surface area contributed by atoms with E-state index in [1.807, 2.05) is 0 Å². The van der Waals surface area contributed by atoms with Crippen molar-refractivity contribution >= 4 is 12.0 Å². The molecule has 0 spiro atoms. The highest BCUT2D eigenvalue weighted by Crippen LogP contribution is 1.95. The molecule has 6 nitrogen and oxygen atoms in total. The van der Waals surface area contributed by atoms with Gasteiger partial charge in [-0.05, 0) is 6.92 Å². The number of carbonyl (C=O) groups is 2. The molecule has 0 aliphatic heterocycles. The Morgan fingerprint density at radius 2 is 2.15 bits per heavy atom. The van der Waals surface area contributed by atoms with Gasteiger partial charge in [-0.25, -0.2) is 9.59 Å². The first-order valence-corrected chi connectivity index (χ1v) is 3.94. The Balaban J connectivity index is 4.01. The molecule has 6 heteroatoms. The second kappa shape index (κ2) is 5.36. The molecule has 13 heavy (non-hydrogen) atoms. The van der Waals surface area contributed by atoms with Crippen LogP contribution in [0.4, 0.5) is 4.79 Å². The smallest absolute Gasteiger partial charge is 0.326 e. The molecule has 0 fully saturated rings. The van der Waals surface area contributed by atoms with E-state index in [-0.39, 0.29) is 0 Å². The molecule has 0 bridgehead atoms. The molecule has 1 unspecified atom stereocenters. The summed E-state index contributed by atoms with van der Waals surface area (Å²) in [6, 6.07) is -1.27. The highest BCUT2D eigenvalue weighted by molar-refractivity contribution is 5.82. The molecule has 0 radical (unpaired) electrons. The Morgan fingerprint density at radius 3 is 2.54 bits per heavy atom. The van der Waals surface area contributed by atoms with E-state index in [0.717, 1.165) is 4.90 Å². The zero-order chi connectivity index (χ0) is 10.4. The number of hydrogen-bond acceptors (Lipinski definition) is 3. The molecule has 0 saturated heterocycles. The predicted octanol–water partition coefficient (Wildman–Crippen LogP) is -0.940. The van der Waals surface area contributed by atoms with Gasteiger partial charge in [0, 0.05) is 20.1 Å². The molecule has 1 atom stereocenters. The van der Waals surface area contributed by atoms with Crippen LogP contribution in [0.2, 0.25) is 0 Å². The number of nitrogens with zero attached hydrogens (tertiary/aromatic N) is 1. The van der Waals surface area contributed by atoms with Crippen molar-refractivity contribution in [2.75, 3.05) is 20.1 Å². The molecule has 0 aromatic rings. The highest BCUT2D eigenvalue weighted by atomic mass is 16.4. The van der Waals surface area contributed by atoms with Crippen LogP contribution in [0.5, 0.6) is 0 Å². The van der Waals surface area contributed by atoms with Crippen molar-refractivity contribution in [3.63, 3.8) is 0 Å². The molecule has 0 saturated carbocycles. The standard InChI is InChI=1S/C7H15N3O3/c1-5(6(11)12)10(2)7(13)9-4-3-8/h5H,3-4,8H2,1-2H3,(H,9,13)(H,11,12). The largest absolute Gasteiger partial charge is 0.480 e. The number of carboxylic acids is 1. The zero-order valence-corrected chi connectivity index (χ0v) is 7.78. The fourth-order valence-electron chi connectivity index (χ4n) is 0.645. The number of carboxylic acid groups (broad SMARTS) is 1. The van der Waals surface area contributed by atoms with Crippen molar-refractivity contribution in [1.29, 1.82) is 0 Å². The molecule has 4 N–H and O–H groups in total. The van der Waals surface area contributed by atoms with Crippen molar-refractivity contribution in [2.45, 2.75) is 13.0 Å². The van der Waals surface area contributed by atoms with Gasteiger partial charge in [0.15, 0.2) is 0 Å². The average Bonchev–Trinajstić information content (AvgIpc) is 2.11. The number of likely N-dealkylation sites (N-methyl/N-ethyl adjacent to an activating group) is 1. The van der Waals surface area contributed by atoms with Crippen molar-refractivity contribution in [3.8, 4) is 0 Å². The van der Waals surface area contributed by atoms with Crippen LogP contribution in [0.15, 0.2) is 0 Å². The Kier molecular flexibility index (Phi) is 4.83. The van der Waals surface area contributed by atoms with E-state index >= 15 is 0 Å². The van der Waals surface area contributed by atoms with E-state index < -0.39 is 18.0 Å². The van der Waals surface area contributed by atoms with Gasteiger partial charge in [-0.3, -0.25) is 0 Å². The summed E-state index contributed by atoms with van der Waals surface area (Å²) in [5.41, 5.74) is 5.16. The highest BCUT2D eigenvalue weighted by Gasteiger charge is 2.20. The maximum Gasteiger partial charge on any atom is 0.326 e. The Bertz CT molecular complexity index is 195. The van der Waals surface area contributed by atoms with Crippen LogP contribution in [-0.2, 0) is 4.79 Å². The first-order chi connectivity index (χ1) is 6.00. The lowest BCUT2D eigenvalue weighted by Crippen LogP contribution is -2.46. The third kappa shape index (κ3) is 3.75. The lowest BCUT2D eigenvalue weighted by atomic mass is 10.3. The van der Waals surface area contributed by atoms with E-state index in [1.165, 1.54) is 14.0 Å². The molecule has 76 valence electrons. The normalized spacial score (nSPS) is 11.9. The summed E-state index contributed by atoms with van der Waals surface area (Å²) >= 11 is 0.